The second-order valence-electron chi connectivity index (χ2n) is 6.20. The summed E-state index contributed by atoms with van der Waals surface area (Å²) in [6.07, 6.45) is 2.01. The van der Waals surface area contributed by atoms with Gasteiger partial charge >= 0.3 is 5.97 Å². The molecule has 1 aromatic carbocycles. The minimum atomic E-state index is -0.860. The van der Waals surface area contributed by atoms with Crippen LogP contribution in [0, 0.1) is 0 Å². The normalized spacial score (nSPS) is 15.1. The van der Waals surface area contributed by atoms with E-state index in [4.69, 9.17) is 9.84 Å². The molecule has 110 valence electrons. The topological polar surface area (TPSA) is 49.8 Å². The van der Waals surface area contributed by atoms with Crippen molar-refractivity contribution in [2.24, 2.45) is 0 Å². The molecule has 4 nitrogen and oxygen atoms in total. The summed E-state index contributed by atoms with van der Waals surface area (Å²) in [6, 6.07) is 5.41. The number of carbonyl (C=O) groups is 1. The Labute approximate surface area is 120 Å². The Balaban J connectivity index is 2.07. The van der Waals surface area contributed by atoms with Crippen LogP contribution in [-0.4, -0.2) is 36.4 Å². The van der Waals surface area contributed by atoms with Crippen LogP contribution in [0.5, 0.6) is 0 Å². The van der Waals surface area contributed by atoms with E-state index in [-0.39, 0.29) is 5.60 Å². The lowest BCUT2D eigenvalue weighted by molar-refractivity contribution is 0.00127. The summed E-state index contributed by atoms with van der Waals surface area (Å²) in [5, 5.41) is 9.05. The SMILES string of the molecule is CC(C)(C)OCCN1CCCc2cc(C(=O)O)ccc21. The molecule has 0 radical (unpaired) electrons. The van der Waals surface area contributed by atoms with Crippen molar-refractivity contribution in [3.8, 4) is 0 Å². The van der Waals surface area contributed by atoms with Gasteiger partial charge < -0.3 is 14.7 Å². The van der Waals surface area contributed by atoms with E-state index in [2.05, 4.69) is 25.7 Å². The van der Waals surface area contributed by atoms with Crippen LogP contribution in [0.2, 0.25) is 0 Å². The standard InChI is InChI=1S/C16H23NO3/c1-16(2,3)20-10-9-17-8-4-5-12-11-13(15(18)19)6-7-14(12)17/h6-7,11H,4-5,8-10H2,1-3H3,(H,18,19). The first-order chi connectivity index (χ1) is 9.37. The van der Waals surface area contributed by atoms with Crippen LogP contribution in [0.1, 0.15) is 43.1 Å². The minimum Gasteiger partial charge on any atom is -0.478 e. The number of carboxylic acids is 1. The molecule has 20 heavy (non-hydrogen) atoms. The lowest BCUT2D eigenvalue weighted by Gasteiger charge is -2.32. The van der Waals surface area contributed by atoms with E-state index in [1.165, 1.54) is 0 Å². The van der Waals surface area contributed by atoms with Crippen molar-refractivity contribution in [1.29, 1.82) is 0 Å². The summed E-state index contributed by atoms with van der Waals surface area (Å²) in [7, 11) is 0. The lowest BCUT2D eigenvalue weighted by atomic mass is 9.99. The van der Waals surface area contributed by atoms with Gasteiger partial charge in [0, 0.05) is 18.8 Å². The van der Waals surface area contributed by atoms with Gasteiger partial charge in [-0.3, -0.25) is 0 Å². The molecule has 0 saturated carbocycles. The first-order valence-electron chi connectivity index (χ1n) is 7.12. The fourth-order valence-corrected chi connectivity index (χ4v) is 2.50. The molecule has 0 saturated heterocycles. The molecular formula is C16H23NO3. The van der Waals surface area contributed by atoms with Gasteiger partial charge in [-0.1, -0.05) is 0 Å². The van der Waals surface area contributed by atoms with E-state index < -0.39 is 5.97 Å². The summed E-state index contributed by atoms with van der Waals surface area (Å²) in [4.78, 5) is 13.3. The largest absolute Gasteiger partial charge is 0.478 e. The number of hydrogen-bond donors (Lipinski definition) is 1. The van der Waals surface area contributed by atoms with Gasteiger partial charge in [-0.2, -0.15) is 0 Å². The van der Waals surface area contributed by atoms with E-state index >= 15 is 0 Å². The van der Waals surface area contributed by atoms with E-state index in [0.717, 1.165) is 37.2 Å². The molecule has 1 aromatic rings. The number of ether oxygens (including phenoxy) is 1. The van der Waals surface area contributed by atoms with E-state index in [9.17, 15) is 4.79 Å². The zero-order chi connectivity index (χ0) is 14.8. The third-order valence-corrected chi connectivity index (χ3v) is 3.44. The van der Waals surface area contributed by atoms with E-state index in [1.54, 1.807) is 12.1 Å². The van der Waals surface area contributed by atoms with E-state index in [0.29, 0.717) is 12.2 Å². The predicted octanol–water partition coefficient (Wildman–Crippen LogP) is 2.95. The number of aromatic carboxylic acids is 1. The first-order valence-corrected chi connectivity index (χ1v) is 7.12. The van der Waals surface area contributed by atoms with Gasteiger partial charge in [-0.25, -0.2) is 4.79 Å². The molecule has 0 atom stereocenters. The van der Waals surface area contributed by atoms with Gasteiger partial charge in [0.15, 0.2) is 0 Å². The van der Waals surface area contributed by atoms with E-state index in [1.807, 2.05) is 6.07 Å². The van der Waals surface area contributed by atoms with Crippen LogP contribution in [0.15, 0.2) is 18.2 Å². The Hall–Kier alpha value is -1.55. The number of hydrogen-bond acceptors (Lipinski definition) is 3. The summed E-state index contributed by atoms with van der Waals surface area (Å²) in [6.45, 7) is 8.69. The average molecular weight is 277 g/mol. The number of rotatable bonds is 4. The van der Waals surface area contributed by atoms with Crippen molar-refractivity contribution in [2.75, 3.05) is 24.6 Å². The van der Waals surface area contributed by atoms with Crippen molar-refractivity contribution in [3.05, 3.63) is 29.3 Å². The second kappa shape index (κ2) is 5.83. The van der Waals surface area contributed by atoms with Crippen molar-refractivity contribution >= 4 is 11.7 Å². The number of carboxylic acid groups (broad SMARTS) is 1. The summed E-state index contributed by atoms with van der Waals surface area (Å²) in [5.41, 5.74) is 2.54. The monoisotopic (exact) mass is 277 g/mol. The minimum absolute atomic E-state index is 0.119. The number of nitrogens with zero attached hydrogens (tertiary/aromatic N) is 1. The van der Waals surface area contributed by atoms with Gasteiger partial charge in [0.25, 0.3) is 0 Å². The Morgan fingerprint density at radius 3 is 2.80 bits per heavy atom. The second-order valence-corrected chi connectivity index (χ2v) is 6.20. The smallest absolute Gasteiger partial charge is 0.335 e. The Morgan fingerprint density at radius 1 is 1.40 bits per heavy atom. The molecule has 0 fully saturated rings. The maximum absolute atomic E-state index is 11.0. The first kappa shape index (κ1) is 14.9. The Kier molecular flexibility index (Phi) is 4.33. The van der Waals surface area contributed by atoms with Crippen molar-refractivity contribution in [3.63, 3.8) is 0 Å². The molecule has 1 aliphatic heterocycles. The number of anilines is 1. The third-order valence-electron chi connectivity index (χ3n) is 3.44. The highest BCUT2D eigenvalue weighted by atomic mass is 16.5. The maximum atomic E-state index is 11.0. The quantitative estimate of drug-likeness (QED) is 0.919. The fourth-order valence-electron chi connectivity index (χ4n) is 2.50. The molecular weight excluding hydrogens is 254 g/mol. The zero-order valence-corrected chi connectivity index (χ0v) is 12.5. The van der Waals surface area contributed by atoms with Crippen LogP contribution in [0.25, 0.3) is 0 Å². The van der Waals surface area contributed by atoms with Gasteiger partial charge in [0.2, 0.25) is 0 Å². The van der Waals surface area contributed by atoms with Crippen LogP contribution in [0.3, 0.4) is 0 Å². The van der Waals surface area contributed by atoms with Crippen LogP contribution >= 0.6 is 0 Å². The number of aryl methyl sites for hydroxylation is 1. The van der Waals surface area contributed by atoms with Gasteiger partial charge in [0.1, 0.15) is 0 Å². The maximum Gasteiger partial charge on any atom is 0.335 e. The number of benzene rings is 1. The third kappa shape index (κ3) is 3.73. The summed E-state index contributed by atoms with van der Waals surface area (Å²) in [5.74, 6) is -0.860. The molecule has 0 unspecified atom stereocenters. The Morgan fingerprint density at radius 2 is 2.15 bits per heavy atom. The molecule has 0 bridgehead atoms. The van der Waals surface area contributed by atoms with Crippen LogP contribution in [-0.2, 0) is 11.2 Å². The highest BCUT2D eigenvalue weighted by Gasteiger charge is 2.19. The Bertz CT molecular complexity index is 491. The molecule has 0 aromatic heterocycles. The molecule has 0 spiro atoms. The van der Waals surface area contributed by atoms with Crippen LogP contribution in [0.4, 0.5) is 5.69 Å². The molecule has 0 aliphatic carbocycles. The van der Waals surface area contributed by atoms with Crippen molar-refractivity contribution < 1.29 is 14.6 Å². The van der Waals surface area contributed by atoms with Gasteiger partial charge in [0.05, 0.1) is 17.8 Å². The van der Waals surface area contributed by atoms with Crippen molar-refractivity contribution in [1.82, 2.24) is 0 Å². The summed E-state index contributed by atoms with van der Waals surface area (Å²) < 4.78 is 5.77. The molecule has 1 N–H and O–H groups in total. The predicted molar refractivity (Wildman–Crippen MR) is 79.6 cm³/mol. The van der Waals surface area contributed by atoms with Gasteiger partial charge in [-0.05, 0) is 57.4 Å². The highest BCUT2D eigenvalue weighted by Crippen LogP contribution is 2.28. The average Bonchev–Trinajstić information content (AvgIpc) is 2.36. The molecule has 4 heteroatoms. The van der Waals surface area contributed by atoms with Crippen molar-refractivity contribution in [2.45, 2.75) is 39.2 Å². The molecule has 1 aliphatic rings. The number of fused-ring (bicyclic) bond motifs is 1. The zero-order valence-electron chi connectivity index (χ0n) is 12.5. The molecule has 0 amide bonds. The molecule has 2 rings (SSSR count). The van der Waals surface area contributed by atoms with Crippen LogP contribution < -0.4 is 4.90 Å². The fraction of sp³-hybridized carbons (Fsp3) is 0.562. The highest BCUT2D eigenvalue weighted by molar-refractivity contribution is 5.88. The lowest BCUT2D eigenvalue weighted by Crippen LogP contribution is -2.34. The van der Waals surface area contributed by atoms with Gasteiger partial charge in [-0.15, -0.1) is 0 Å². The molecule has 1 heterocycles. The summed E-state index contributed by atoms with van der Waals surface area (Å²) >= 11 is 0.